The van der Waals surface area contributed by atoms with Crippen LogP contribution in [0.25, 0.3) is 0 Å². The average molecular weight is 455 g/mol. The van der Waals surface area contributed by atoms with Crippen LogP contribution in [0.4, 0.5) is 5.69 Å². The monoisotopic (exact) mass is 453 g/mol. The van der Waals surface area contributed by atoms with Crippen molar-refractivity contribution in [3.63, 3.8) is 0 Å². The van der Waals surface area contributed by atoms with Crippen LogP contribution in [0.15, 0.2) is 31.4 Å². The molecule has 2 aromatic rings. The van der Waals surface area contributed by atoms with Crippen LogP contribution in [0.5, 0.6) is 0 Å². The molecule has 1 aromatic heterocycles. The summed E-state index contributed by atoms with van der Waals surface area (Å²) in [5.74, 6) is 0. The first kappa shape index (κ1) is 16.9. The van der Waals surface area contributed by atoms with Gasteiger partial charge in [-0.15, -0.1) is 11.3 Å². The predicted molar refractivity (Wildman–Crippen MR) is 92.0 cm³/mol. The van der Waals surface area contributed by atoms with Crippen molar-refractivity contribution in [2.75, 3.05) is 12.3 Å². The summed E-state index contributed by atoms with van der Waals surface area (Å²) in [6.07, 6.45) is 0.557. The molecule has 0 atom stereocenters. The lowest BCUT2D eigenvalue weighted by molar-refractivity contribution is 0.580. The topological polar surface area (TPSA) is 85.1 Å². The molecule has 0 fully saturated rings. The number of nitrogens with zero attached hydrogens (tertiary/aromatic N) is 1. The van der Waals surface area contributed by atoms with Crippen molar-refractivity contribution in [2.45, 2.75) is 18.2 Å². The number of thiazole rings is 1. The van der Waals surface area contributed by atoms with Crippen LogP contribution in [0.3, 0.4) is 0 Å². The number of nitrogens with one attached hydrogen (secondary N) is 1. The molecule has 0 aliphatic heterocycles. The summed E-state index contributed by atoms with van der Waals surface area (Å²) in [4.78, 5) is 4.44. The fourth-order valence-electron chi connectivity index (χ4n) is 1.72. The van der Waals surface area contributed by atoms with E-state index >= 15 is 0 Å². The highest BCUT2D eigenvalue weighted by atomic mass is 79.9. The van der Waals surface area contributed by atoms with Gasteiger partial charge in [-0.3, -0.25) is 0 Å². The molecule has 0 aliphatic carbocycles. The van der Waals surface area contributed by atoms with Crippen LogP contribution in [-0.2, 0) is 16.4 Å². The maximum atomic E-state index is 12.4. The summed E-state index contributed by atoms with van der Waals surface area (Å²) in [6.45, 7) is 2.20. The highest BCUT2D eigenvalue weighted by Gasteiger charge is 2.21. The van der Waals surface area contributed by atoms with Crippen molar-refractivity contribution in [1.29, 1.82) is 0 Å². The van der Waals surface area contributed by atoms with Gasteiger partial charge in [-0.25, -0.2) is 18.1 Å². The zero-order valence-corrected chi connectivity index (χ0v) is 15.9. The van der Waals surface area contributed by atoms with E-state index in [-0.39, 0.29) is 4.90 Å². The lowest BCUT2D eigenvalue weighted by Gasteiger charge is -2.10. The van der Waals surface area contributed by atoms with Crippen LogP contribution >= 0.6 is 43.2 Å². The van der Waals surface area contributed by atoms with Crippen molar-refractivity contribution in [3.05, 3.63) is 37.2 Å². The SMILES string of the molecule is Cc1csc(CCNS(=O)(=O)c2c(Br)cc(N)cc2Br)n1. The first-order valence-electron chi connectivity index (χ1n) is 5.95. The number of rotatable bonds is 5. The number of benzene rings is 1. The molecule has 0 radical (unpaired) electrons. The van der Waals surface area contributed by atoms with E-state index < -0.39 is 10.0 Å². The number of aromatic nitrogens is 1. The molecule has 3 N–H and O–H groups in total. The average Bonchev–Trinajstić information content (AvgIpc) is 2.72. The molecule has 0 saturated carbocycles. The van der Waals surface area contributed by atoms with Crippen molar-refractivity contribution >= 4 is 58.9 Å². The lowest BCUT2D eigenvalue weighted by atomic mass is 10.3. The van der Waals surface area contributed by atoms with Gasteiger partial charge >= 0.3 is 0 Å². The van der Waals surface area contributed by atoms with Gasteiger partial charge in [0.05, 0.1) is 5.01 Å². The van der Waals surface area contributed by atoms with Gasteiger partial charge in [-0.1, -0.05) is 0 Å². The Hall–Kier alpha value is -0.480. The molecule has 21 heavy (non-hydrogen) atoms. The molecular weight excluding hydrogens is 442 g/mol. The lowest BCUT2D eigenvalue weighted by Crippen LogP contribution is -2.26. The zero-order chi connectivity index (χ0) is 15.6. The minimum atomic E-state index is -3.62. The van der Waals surface area contributed by atoms with Crippen LogP contribution in [0.1, 0.15) is 10.7 Å². The second-order valence-electron chi connectivity index (χ2n) is 4.34. The summed E-state index contributed by atoms with van der Waals surface area (Å²) in [5, 5.41) is 2.85. The van der Waals surface area contributed by atoms with Crippen molar-refractivity contribution < 1.29 is 8.42 Å². The van der Waals surface area contributed by atoms with E-state index in [4.69, 9.17) is 5.73 Å². The second kappa shape index (κ2) is 6.74. The Kier molecular flexibility index (Phi) is 5.42. The van der Waals surface area contributed by atoms with Crippen LogP contribution in [-0.4, -0.2) is 19.9 Å². The Morgan fingerprint density at radius 1 is 1.33 bits per heavy atom. The Labute approximate surface area is 144 Å². The molecule has 1 heterocycles. The van der Waals surface area contributed by atoms with E-state index in [1.807, 2.05) is 12.3 Å². The van der Waals surface area contributed by atoms with Crippen molar-refractivity contribution in [3.8, 4) is 0 Å². The molecule has 5 nitrogen and oxygen atoms in total. The molecule has 1 aromatic carbocycles. The molecular formula is C12H13Br2N3O2S2. The molecule has 0 bridgehead atoms. The summed E-state index contributed by atoms with van der Waals surface area (Å²) in [6, 6.07) is 3.12. The van der Waals surface area contributed by atoms with E-state index in [0.717, 1.165) is 10.7 Å². The van der Waals surface area contributed by atoms with Gasteiger partial charge in [0.1, 0.15) is 4.90 Å². The van der Waals surface area contributed by atoms with Gasteiger partial charge in [0.25, 0.3) is 0 Å². The van der Waals surface area contributed by atoms with E-state index in [0.29, 0.717) is 27.6 Å². The molecule has 0 unspecified atom stereocenters. The summed E-state index contributed by atoms with van der Waals surface area (Å²) < 4.78 is 28.1. The van der Waals surface area contributed by atoms with E-state index in [1.54, 1.807) is 12.1 Å². The third-order valence-electron chi connectivity index (χ3n) is 2.59. The standard InChI is InChI=1S/C12H13Br2N3O2S2/c1-7-6-20-11(17-7)2-3-16-21(18,19)12-9(13)4-8(15)5-10(12)14/h4-6,16H,2-3,15H2,1H3. The number of hydrogen-bond donors (Lipinski definition) is 2. The Morgan fingerprint density at radius 3 is 2.48 bits per heavy atom. The van der Waals surface area contributed by atoms with Gasteiger partial charge < -0.3 is 5.73 Å². The third kappa shape index (κ3) is 4.26. The van der Waals surface area contributed by atoms with Gasteiger partial charge in [-0.05, 0) is 50.9 Å². The Balaban J connectivity index is 2.12. The van der Waals surface area contributed by atoms with Crippen LogP contribution in [0.2, 0.25) is 0 Å². The number of sulfonamides is 1. The van der Waals surface area contributed by atoms with E-state index in [9.17, 15) is 8.42 Å². The molecule has 0 spiro atoms. The summed E-state index contributed by atoms with van der Waals surface area (Å²) in [5.41, 5.74) is 7.09. The number of aryl methyl sites for hydroxylation is 1. The van der Waals surface area contributed by atoms with E-state index in [2.05, 4.69) is 41.6 Å². The maximum absolute atomic E-state index is 12.4. The Morgan fingerprint density at radius 2 is 1.95 bits per heavy atom. The molecule has 9 heteroatoms. The Bertz CT molecular complexity index is 737. The predicted octanol–water partition coefficient (Wildman–Crippen LogP) is 3.08. The maximum Gasteiger partial charge on any atom is 0.242 e. The smallest absolute Gasteiger partial charge is 0.242 e. The first-order chi connectivity index (χ1) is 9.79. The minimum Gasteiger partial charge on any atom is -0.399 e. The fraction of sp³-hybridized carbons (Fsp3) is 0.250. The largest absolute Gasteiger partial charge is 0.399 e. The number of nitrogen functional groups attached to an aromatic ring is 1. The van der Waals surface area contributed by atoms with Gasteiger partial charge in [-0.2, -0.15) is 0 Å². The molecule has 0 aliphatic rings. The molecule has 2 rings (SSSR count). The normalized spacial score (nSPS) is 11.8. The highest BCUT2D eigenvalue weighted by molar-refractivity contribution is 9.11. The third-order valence-corrected chi connectivity index (χ3v) is 6.95. The van der Waals surface area contributed by atoms with E-state index in [1.165, 1.54) is 11.3 Å². The minimum absolute atomic E-state index is 0.145. The van der Waals surface area contributed by atoms with Crippen LogP contribution < -0.4 is 10.5 Å². The van der Waals surface area contributed by atoms with Gasteiger partial charge in [0.15, 0.2) is 0 Å². The summed E-state index contributed by atoms with van der Waals surface area (Å²) in [7, 11) is -3.62. The molecule has 114 valence electrons. The quantitative estimate of drug-likeness (QED) is 0.679. The number of halogens is 2. The fourth-order valence-corrected chi connectivity index (χ4v) is 6.14. The van der Waals surface area contributed by atoms with Crippen molar-refractivity contribution in [2.24, 2.45) is 0 Å². The van der Waals surface area contributed by atoms with Gasteiger partial charge in [0, 0.05) is 38.7 Å². The number of hydrogen-bond acceptors (Lipinski definition) is 5. The van der Waals surface area contributed by atoms with Gasteiger partial charge in [0.2, 0.25) is 10.0 Å². The van der Waals surface area contributed by atoms with Crippen LogP contribution in [0, 0.1) is 6.92 Å². The van der Waals surface area contributed by atoms with Crippen molar-refractivity contribution in [1.82, 2.24) is 9.71 Å². The molecule has 0 amide bonds. The second-order valence-corrected chi connectivity index (χ2v) is 8.70. The number of anilines is 1. The molecule has 0 saturated heterocycles. The highest BCUT2D eigenvalue weighted by Crippen LogP contribution is 2.32. The zero-order valence-electron chi connectivity index (χ0n) is 11.1. The first-order valence-corrected chi connectivity index (χ1v) is 9.89. The number of nitrogens with two attached hydrogens (primary N) is 1. The summed E-state index contributed by atoms with van der Waals surface area (Å²) >= 11 is 7.99.